The molecule has 0 saturated heterocycles. The lowest BCUT2D eigenvalue weighted by atomic mass is 10.2. The van der Waals surface area contributed by atoms with E-state index in [1.165, 1.54) is 11.3 Å². The highest BCUT2D eigenvalue weighted by Gasteiger charge is 2.06. The summed E-state index contributed by atoms with van der Waals surface area (Å²) >= 11 is 1.41. The summed E-state index contributed by atoms with van der Waals surface area (Å²) in [5.74, 6) is -0.863. The molecule has 1 heterocycles. The van der Waals surface area contributed by atoms with Gasteiger partial charge in [0.2, 0.25) is 0 Å². The van der Waals surface area contributed by atoms with Crippen molar-refractivity contribution in [1.82, 2.24) is 4.98 Å². The minimum Gasteiger partial charge on any atom is -0.481 e. The highest BCUT2D eigenvalue weighted by atomic mass is 32.1. The van der Waals surface area contributed by atoms with Gasteiger partial charge >= 0.3 is 5.97 Å². The lowest BCUT2D eigenvalue weighted by Crippen LogP contribution is -2.00. The topological polar surface area (TPSA) is 62.2 Å². The number of hydrogen-bond acceptors (Lipinski definition) is 4. The van der Waals surface area contributed by atoms with E-state index in [4.69, 9.17) is 5.11 Å². The number of aryl methyl sites for hydroxylation is 1. The van der Waals surface area contributed by atoms with Crippen LogP contribution in [-0.4, -0.2) is 16.1 Å². The number of carboxylic acids is 1. The predicted octanol–water partition coefficient (Wildman–Crippen LogP) is 2.82. The van der Waals surface area contributed by atoms with Crippen LogP contribution in [0, 0.1) is 6.92 Å². The molecule has 0 bridgehead atoms. The summed E-state index contributed by atoms with van der Waals surface area (Å²) in [5.41, 5.74) is 2.70. The smallest absolute Gasteiger partial charge is 0.309 e. The molecule has 1 aromatic carbocycles. The van der Waals surface area contributed by atoms with E-state index in [0.717, 1.165) is 16.4 Å². The van der Waals surface area contributed by atoms with Gasteiger partial charge in [-0.05, 0) is 18.6 Å². The first-order valence-electron chi connectivity index (χ1n) is 5.14. The molecular formula is C12H12N2O2S. The number of carbonyl (C=O) groups is 1. The molecule has 0 aliphatic heterocycles. The molecule has 0 aliphatic carbocycles. The molecule has 17 heavy (non-hydrogen) atoms. The minimum absolute atomic E-state index is 0.0358. The third kappa shape index (κ3) is 3.04. The number of carboxylic acid groups (broad SMARTS) is 1. The maximum Gasteiger partial charge on any atom is 0.309 e. The Balaban J connectivity index is 2.12. The molecule has 2 aromatic rings. The van der Waals surface area contributed by atoms with Gasteiger partial charge in [0.15, 0.2) is 5.13 Å². The monoisotopic (exact) mass is 248 g/mol. The Hall–Kier alpha value is -1.88. The maximum atomic E-state index is 10.5. The van der Waals surface area contributed by atoms with Crippen LogP contribution in [0.25, 0.3) is 0 Å². The van der Waals surface area contributed by atoms with Crippen LogP contribution in [0.1, 0.15) is 11.3 Å². The Kier molecular flexibility index (Phi) is 3.39. The molecule has 0 fully saturated rings. The van der Waals surface area contributed by atoms with Crippen molar-refractivity contribution in [2.24, 2.45) is 0 Å². The Labute approximate surface area is 103 Å². The van der Waals surface area contributed by atoms with E-state index in [0.29, 0.717) is 5.69 Å². The van der Waals surface area contributed by atoms with Crippen LogP contribution >= 0.6 is 11.3 Å². The van der Waals surface area contributed by atoms with Crippen molar-refractivity contribution in [3.8, 4) is 0 Å². The van der Waals surface area contributed by atoms with Crippen molar-refractivity contribution >= 4 is 28.1 Å². The zero-order valence-corrected chi connectivity index (χ0v) is 10.1. The quantitative estimate of drug-likeness (QED) is 0.873. The van der Waals surface area contributed by atoms with Gasteiger partial charge in [-0.25, -0.2) is 4.98 Å². The normalized spacial score (nSPS) is 10.2. The summed E-state index contributed by atoms with van der Waals surface area (Å²) in [6, 6.07) is 7.89. The number of nitrogens with zero attached hydrogens (tertiary/aromatic N) is 1. The summed E-state index contributed by atoms with van der Waals surface area (Å²) in [6.45, 7) is 2.01. The number of thiazole rings is 1. The van der Waals surface area contributed by atoms with Gasteiger partial charge in [0.25, 0.3) is 0 Å². The molecule has 0 saturated carbocycles. The molecule has 0 spiro atoms. The Bertz CT molecular complexity index is 537. The lowest BCUT2D eigenvalue weighted by molar-refractivity contribution is -0.136. The van der Waals surface area contributed by atoms with E-state index >= 15 is 0 Å². The van der Waals surface area contributed by atoms with Gasteiger partial charge in [-0.15, -0.1) is 11.3 Å². The summed E-state index contributed by atoms with van der Waals surface area (Å²) < 4.78 is 0. The number of anilines is 2. The lowest BCUT2D eigenvalue weighted by Gasteiger charge is -2.05. The van der Waals surface area contributed by atoms with Crippen molar-refractivity contribution in [2.75, 3.05) is 5.32 Å². The SMILES string of the molecule is Cc1ccccc1Nc1nc(CC(=O)O)cs1. The third-order valence-electron chi connectivity index (χ3n) is 2.27. The van der Waals surface area contributed by atoms with Crippen LogP contribution in [0.3, 0.4) is 0 Å². The fraction of sp³-hybridized carbons (Fsp3) is 0.167. The molecule has 5 heteroatoms. The first-order chi connectivity index (χ1) is 8.15. The van der Waals surface area contributed by atoms with Crippen molar-refractivity contribution < 1.29 is 9.90 Å². The molecule has 1 aromatic heterocycles. The maximum absolute atomic E-state index is 10.5. The fourth-order valence-electron chi connectivity index (χ4n) is 1.43. The summed E-state index contributed by atoms with van der Waals surface area (Å²) in [7, 11) is 0. The van der Waals surface area contributed by atoms with Crippen molar-refractivity contribution in [3.63, 3.8) is 0 Å². The highest BCUT2D eigenvalue weighted by molar-refractivity contribution is 7.13. The van der Waals surface area contributed by atoms with Gasteiger partial charge < -0.3 is 10.4 Å². The number of rotatable bonds is 4. The highest BCUT2D eigenvalue weighted by Crippen LogP contribution is 2.23. The van der Waals surface area contributed by atoms with Crippen LogP contribution in [0.15, 0.2) is 29.6 Å². The molecule has 2 rings (SSSR count). The zero-order valence-electron chi connectivity index (χ0n) is 9.30. The van der Waals surface area contributed by atoms with Gasteiger partial charge in [0.05, 0.1) is 12.1 Å². The molecular weight excluding hydrogens is 236 g/mol. The van der Waals surface area contributed by atoms with Gasteiger partial charge in [-0.3, -0.25) is 4.79 Å². The number of aromatic nitrogens is 1. The number of nitrogens with one attached hydrogen (secondary N) is 1. The van der Waals surface area contributed by atoms with E-state index in [9.17, 15) is 4.79 Å². The molecule has 88 valence electrons. The fourth-order valence-corrected chi connectivity index (χ4v) is 2.15. The number of hydrogen-bond donors (Lipinski definition) is 2. The van der Waals surface area contributed by atoms with Crippen molar-refractivity contribution in [3.05, 3.63) is 40.9 Å². The zero-order chi connectivity index (χ0) is 12.3. The van der Waals surface area contributed by atoms with E-state index < -0.39 is 5.97 Å². The summed E-state index contributed by atoms with van der Waals surface area (Å²) in [4.78, 5) is 14.7. The number of benzene rings is 1. The van der Waals surface area contributed by atoms with Gasteiger partial charge in [0, 0.05) is 11.1 Å². The molecule has 0 amide bonds. The van der Waals surface area contributed by atoms with E-state index in [-0.39, 0.29) is 6.42 Å². The third-order valence-corrected chi connectivity index (χ3v) is 3.08. The van der Waals surface area contributed by atoms with Gasteiger partial charge in [0.1, 0.15) is 0 Å². The Morgan fingerprint density at radius 1 is 1.47 bits per heavy atom. The predicted molar refractivity (Wildman–Crippen MR) is 67.9 cm³/mol. The Morgan fingerprint density at radius 3 is 2.94 bits per heavy atom. The van der Waals surface area contributed by atoms with E-state index in [1.54, 1.807) is 5.38 Å². The second-order valence-corrected chi connectivity index (χ2v) is 4.51. The van der Waals surface area contributed by atoms with Gasteiger partial charge in [-0.1, -0.05) is 18.2 Å². The van der Waals surface area contributed by atoms with Crippen LogP contribution < -0.4 is 5.32 Å². The van der Waals surface area contributed by atoms with E-state index in [1.807, 2.05) is 31.2 Å². The minimum atomic E-state index is -0.863. The van der Waals surface area contributed by atoms with Crippen molar-refractivity contribution in [1.29, 1.82) is 0 Å². The molecule has 0 atom stereocenters. The molecule has 0 radical (unpaired) electrons. The first kappa shape index (κ1) is 11.6. The Morgan fingerprint density at radius 2 is 2.24 bits per heavy atom. The van der Waals surface area contributed by atoms with Gasteiger partial charge in [-0.2, -0.15) is 0 Å². The molecule has 0 unspecified atom stereocenters. The largest absolute Gasteiger partial charge is 0.481 e. The summed E-state index contributed by atoms with van der Waals surface area (Å²) in [6.07, 6.45) is -0.0358. The van der Waals surface area contributed by atoms with E-state index in [2.05, 4.69) is 10.3 Å². The molecule has 0 aliphatic rings. The first-order valence-corrected chi connectivity index (χ1v) is 6.02. The average molecular weight is 248 g/mol. The molecule has 4 nitrogen and oxygen atoms in total. The number of aliphatic carboxylic acids is 1. The van der Waals surface area contributed by atoms with Crippen molar-refractivity contribution in [2.45, 2.75) is 13.3 Å². The molecule has 2 N–H and O–H groups in total. The van der Waals surface area contributed by atoms with Crippen LogP contribution in [0.4, 0.5) is 10.8 Å². The standard InChI is InChI=1S/C12H12N2O2S/c1-8-4-2-3-5-10(8)14-12-13-9(7-17-12)6-11(15)16/h2-5,7H,6H2,1H3,(H,13,14)(H,15,16). The summed E-state index contributed by atoms with van der Waals surface area (Å²) in [5, 5.41) is 14.3. The average Bonchev–Trinajstić information content (AvgIpc) is 2.68. The van der Waals surface area contributed by atoms with Crippen LogP contribution in [0.5, 0.6) is 0 Å². The second-order valence-electron chi connectivity index (χ2n) is 3.65. The number of para-hydroxylation sites is 1. The van der Waals surface area contributed by atoms with Crippen LogP contribution in [-0.2, 0) is 11.2 Å². The van der Waals surface area contributed by atoms with Crippen LogP contribution in [0.2, 0.25) is 0 Å². The second kappa shape index (κ2) is 4.97.